The van der Waals surface area contributed by atoms with Gasteiger partial charge in [0.15, 0.2) is 0 Å². The van der Waals surface area contributed by atoms with Crippen LogP contribution in [0.25, 0.3) is 0 Å². The van der Waals surface area contributed by atoms with E-state index in [1.165, 1.54) is 0 Å². The van der Waals surface area contributed by atoms with Gasteiger partial charge in [-0.25, -0.2) is 0 Å². The highest BCUT2D eigenvalue weighted by atomic mass is 16.3. The van der Waals surface area contributed by atoms with Crippen molar-refractivity contribution in [2.45, 2.75) is 44.4 Å². The fourth-order valence-electron chi connectivity index (χ4n) is 0.932. The molecule has 1 rings (SSSR count). The third kappa shape index (κ3) is 2.46. The van der Waals surface area contributed by atoms with Gasteiger partial charge in [-0.2, -0.15) is 0 Å². The average Bonchev–Trinajstić information content (AvgIpc) is 2.85. The van der Waals surface area contributed by atoms with E-state index in [1.807, 2.05) is 6.92 Å². The number of hydrogen-bond acceptors (Lipinski definition) is 3. The Morgan fingerprint density at radius 1 is 1.75 bits per heavy atom. The van der Waals surface area contributed by atoms with Crippen molar-refractivity contribution in [3.8, 4) is 0 Å². The SMILES string of the molecule is CCC(N)C(O)C(=O)NC1CC1. The van der Waals surface area contributed by atoms with Crippen LogP contribution in [-0.4, -0.2) is 29.2 Å². The van der Waals surface area contributed by atoms with Crippen molar-refractivity contribution in [2.75, 3.05) is 0 Å². The maximum Gasteiger partial charge on any atom is 0.250 e. The first-order chi connectivity index (χ1) is 5.65. The molecule has 0 aliphatic heterocycles. The lowest BCUT2D eigenvalue weighted by Crippen LogP contribution is -2.46. The summed E-state index contributed by atoms with van der Waals surface area (Å²) in [6, 6.07) is -0.153. The van der Waals surface area contributed by atoms with Crippen molar-refractivity contribution in [1.29, 1.82) is 0 Å². The average molecular weight is 172 g/mol. The molecule has 4 N–H and O–H groups in total. The highest BCUT2D eigenvalue weighted by Crippen LogP contribution is 2.18. The van der Waals surface area contributed by atoms with Gasteiger partial charge < -0.3 is 16.2 Å². The van der Waals surface area contributed by atoms with Crippen LogP contribution < -0.4 is 11.1 Å². The summed E-state index contributed by atoms with van der Waals surface area (Å²) in [5, 5.41) is 12.0. The smallest absolute Gasteiger partial charge is 0.250 e. The van der Waals surface area contributed by atoms with Crippen LogP contribution in [0, 0.1) is 0 Å². The van der Waals surface area contributed by atoms with Gasteiger partial charge in [0.05, 0.1) is 0 Å². The van der Waals surface area contributed by atoms with Crippen molar-refractivity contribution in [3.05, 3.63) is 0 Å². The molecule has 1 amide bonds. The summed E-state index contributed by atoms with van der Waals surface area (Å²) < 4.78 is 0. The fourth-order valence-corrected chi connectivity index (χ4v) is 0.932. The molecule has 0 heterocycles. The molecule has 0 aromatic rings. The lowest BCUT2D eigenvalue weighted by molar-refractivity contribution is -0.130. The van der Waals surface area contributed by atoms with Crippen molar-refractivity contribution >= 4 is 5.91 Å². The molecule has 4 nitrogen and oxygen atoms in total. The minimum absolute atomic E-state index is 0.288. The minimum atomic E-state index is -1.05. The molecule has 0 aromatic heterocycles. The van der Waals surface area contributed by atoms with Gasteiger partial charge in [-0.3, -0.25) is 4.79 Å². The molecule has 4 heteroatoms. The summed E-state index contributed by atoms with van der Waals surface area (Å²) in [4.78, 5) is 11.2. The van der Waals surface area contributed by atoms with Crippen LogP contribution in [0.1, 0.15) is 26.2 Å². The van der Waals surface area contributed by atoms with Crippen molar-refractivity contribution < 1.29 is 9.90 Å². The van der Waals surface area contributed by atoms with Crippen molar-refractivity contribution in [1.82, 2.24) is 5.32 Å². The number of carbonyl (C=O) groups is 1. The number of hydrogen-bond donors (Lipinski definition) is 3. The summed E-state index contributed by atoms with van der Waals surface area (Å²) in [6.45, 7) is 1.85. The first-order valence-electron chi connectivity index (χ1n) is 4.39. The predicted molar refractivity (Wildman–Crippen MR) is 45.4 cm³/mol. The third-order valence-electron chi connectivity index (χ3n) is 2.07. The number of amides is 1. The van der Waals surface area contributed by atoms with Gasteiger partial charge in [0.2, 0.25) is 0 Å². The molecular weight excluding hydrogens is 156 g/mol. The summed E-state index contributed by atoms with van der Waals surface area (Å²) in [5.74, 6) is -0.327. The molecule has 0 aromatic carbocycles. The maximum absolute atomic E-state index is 11.2. The quantitative estimate of drug-likeness (QED) is 0.528. The maximum atomic E-state index is 11.2. The highest BCUT2D eigenvalue weighted by molar-refractivity contribution is 5.81. The van der Waals surface area contributed by atoms with Crippen LogP contribution in [0.5, 0.6) is 0 Å². The van der Waals surface area contributed by atoms with Crippen LogP contribution in [0.4, 0.5) is 0 Å². The van der Waals surface area contributed by atoms with Crippen LogP contribution in [0.2, 0.25) is 0 Å². The Morgan fingerprint density at radius 3 is 2.75 bits per heavy atom. The van der Waals surface area contributed by atoms with E-state index in [4.69, 9.17) is 5.73 Å². The van der Waals surface area contributed by atoms with E-state index in [1.54, 1.807) is 0 Å². The molecule has 0 saturated heterocycles. The normalized spacial score (nSPS) is 21.6. The lowest BCUT2D eigenvalue weighted by atomic mass is 10.1. The number of carbonyl (C=O) groups excluding carboxylic acids is 1. The second-order valence-corrected chi connectivity index (χ2v) is 3.30. The van der Waals surface area contributed by atoms with Crippen LogP contribution in [-0.2, 0) is 4.79 Å². The second kappa shape index (κ2) is 3.87. The lowest BCUT2D eigenvalue weighted by Gasteiger charge is -2.16. The van der Waals surface area contributed by atoms with E-state index in [2.05, 4.69) is 5.32 Å². The monoisotopic (exact) mass is 172 g/mol. The molecule has 2 atom stereocenters. The van der Waals surface area contributed by atoms with Gasteiger partial charge in [0.1, 0.15) is 6.10 Å². The van der Waals surface area contributed by atoms with E-state index in [0.29, 0.717) is 6.42 Å². The standard InChI is InChI=1S/C8H16N2O2/c1-2-6(9)7(11)8(12)10-5-3-4-5/h5-7,11H,2-4,9H2,1H3,(H,10,12). The first kappa shape index (κ1) is 9.48. The summed E-state index contributed by atoms with van der Waals surface area (Å²) >= 11 is 0. The van der Waals surface area contributed by atoms with Gasteiger partial charge in [0.25, 0.3) is 5.91 Å². The summed E-state index contributed by atoms with van der Waals surface area (Å²) in [5.41, 5.74) is 5.50. The number of nitrogens with two attached hydrogens (primary N) is 1. The first-order valence-corrected chi connectivity index (χ1v) is 4.39. The zero-order chi connectivity index (χ0) is 9.14. The molecule has 1 saturated carbocycles. The molecule has 0 spiro atoms. The van der Waals surface area contributed by atoms with Gasteiger partial charge in [-0.05, 0) is 19.3 Å². The number of aliphatic hydroxyl groups excluding tert-OH is 1. The second-order valence-electron chi connectivity index (χ2n) is 3.30. The summed E-state index contributed by atoms with van der Waals surface area (Å²) in [7, 11) is 0. The Morgan fingerprint density at radius 2 is 2.33 bits per heavy atom. The van der Waals surface area contributed by atoms with Crippen LogP contribution in [0.3, 0.4) is 0 Å². The molecule has 1 aliphatic carbocycles. The van der Waals surface area contributed by atoms with E-state index in [-0.39, 0.29) is 11.9 Å². The van der Waals surface area contributed by atoms with E-state index in [0.717, 1.165) is 12.8 Å². The van der Waals surface area contributed by atoms with Crippen molar-refractivity contribution in [2.24, 2.45) is 5.73 Å². The molecule has 70 valence electrons. The Bertz CT molecular complexity index is 168. The number of aliphatic hydroxyl groups is 1. The van der Waals surface area contributed by atoms with Crippen LogP contribution in [0.15, 0.2) is 0 Å². The largest absolute Gasteiger partial charge is 0.382 e. The molecule has 1 aliphatic rings. The number of rotatable bonds is 4. The Labute approximate surface area is 72.1 Å². The molecule has 1 fully saturated rings. The molecular formula is C8H16N2O2. The topological polar surface area (TPSA) is 75.3 Å². The van der Waals surface area contributed by atoms with Gasteiger partial charge in [0, 0.05) is 12.1 Å². The van der Waals surface area contributed by atoms with Crippen molar-refractivity contribution in [3.63, 3.8) is 0 Å². The Balaban J connectivity index is 2.28. The van der Waals surface area contributed by atoms with Crippen LogP contribution >= 0.6 is 0 Å². The van der Waals surface area contributed by atoms with Gasteiger partial charge >= 0.3 is 0 Å². The molecule has 12 heavy (non-hydrogen) atoms. The molecule has 0 radical (unpaired) electrons. The Kier molecular flexibility index (Phi) is 3.05. The Hall–Kier alpha value is -0.610. The predicted octanol–water partition coefficient (Wildman–Crippen LogP) is -0.637. The van der Waals surface area contributed by atoms with Gasteiger partial charge in [-0.1, -0.05) is 6.92 Å². The highest BCUT2D eigenvalue weighted by Gasteiger charge is 2.28. The van der Waals surface area contributed by atoms with E-state index < -0.39 is 12.1 Å². The van der Waals surface area contributed by atoms with E-state index >= 15 is 0 Å². The minimum Gasteiger partial charge on any atom is -0.382 e. The molecule has 2 unspecified atom stereocenters. The number of nitrogens with one attached hydrogen (secondary N) is 1. The molecule has 0 bridgehead atoms. The summed E-state index contributed by atoms with van der Waals surface area (Å²) in [6.07, 6.45) is 1.62. The zero-order valence-electron chi connectivity index (χ0n) is 7.29. The van der Waals surface area contributed by atoms with E-state index in [9.17, 15) is 9.90 Å². The third-order valence-corrected chi connectivity index (χ3v) is 2.07. The zero-order valence-corrected chi connectivity index (χ0v) is 7.29. The van der Waals surface area contributed by atoms with Gasteiger partial charge in [-0.15, -0.1) is 0 Å². The fraction of sp³-hybridized carbons (Fsp3) is 0.875.